The maximum atomic E-state index is 11.6. The highest BCUT2D eigenvalue weighted by atomic mass is 16.5. The van der Waals surface area contributed by atoms with Gasteiger partial charge in [-0.15, -0.1) is 0 Å². The first-order valence-corrected chi connectivity index (χ1v) is 5.82. The van der Waals surface area contributed by atoms with Crippen molar-refractivity contribution in [3.63, 3.8) is 0 Å². The summed E-state index contributed by atoms with van der Waals surface area (Å²) in [5.74, 6) is -0.938. The first kappa shape index (κ1) is 13.9. The Kier molecular flexibility index (Phi) is 5.37. The van der Waals surface area contributed by atoms with Gasteiger partial charge in [0.2, 0.25) is 5.91 Å². The van der Waals surface area contributed by atoms with Crippen LogP contribution in [0.3, 0.4) is 0 Å². The Balaban J connectivity index is 2.47. The first-order valence-electron chi connectivity index (χ1n) is 5.82. The van der Waals surface area contributed by atoms with E-state index < -0.39 is 5.97 Å². The Labute approximate surface area is 101 Å². The van der Waals surface area contributed by atoms with Gasteiger partial charge >= 0.3 is 5.97 Å². The average molecular weight is 244 g/mol. The number of ether oxygens (including phenoxy) is 1. The Morgan fingerprint density at radius 1 is 1.53 bits per heavy atom. The second kappa shape index (κ2) is 6.56. The van der Waals surface area contributed by atoms with Crippen LogP contribution in [0.15, 0.2) is 0 Å². The minimum absolute atomic E-state index is 0.00889. The van der Waals surface area contributed by atoms with Crippen LogP contribution in [0.25, 0.3) is 0 Å². The first-order chi connectivity index (χ1) is 7.99. The van der Waals surface area contributed by atoms with Gasteiger partial charge in [-0.2, -0.15) is 0 Å². The third-order valence-corrected chi connectivity index (χ3v) is 2.56. The summed E-state index contributed by atoms with van der Waals surface area (Å²) < 4.78 is 5.24. The number of hydrogen-bond donors (Lipinski definition) is 2. The number of hydrogen-bond acceptors (Lipinski definition) is 4. The number of carbonyl (C=O) groups is 2. The molecule has 1 aliphatic rings. The number of carboxylic acids is 1. The van der Waals surface area contributed by atoms with Crippen molar-refractivity contribution < 1.29 is 19.4 Å². The molecular weight excluding hydrogens is 224 g/mol. The van der Waals surface area contributed by atoms with Gasteiger partial charge in [0.25, 0.3) is 0 Å². The third kappa shape index (κ3) is 5.14. The van der Waals surface area contributed by atoms with Crippen molar-refractivity contribution in [2.24, 2.45) is 0 Å². The number of nitrogens with one attached hydrogen (secondary N) is 1. The van der Waals surface area contributed by atoms with Crippen molar-refractivity contribution in [3.8, 4) is 0 Å². The van der Waals surface area contributed by atoms with Crippen LogP contribution >= 0.6 is 0 Å². The molecular formula is C11H20N2O4. The fraction of sp³-hybridized carbons (Fsp3) is 0.818. The summed E-state index contributed by atoms with van der Waals surface area (Å²) in [6, 6.07) is -0.111. The summed E-state index contributed by atoms with van der Waals surface area (Å²) in [6.07, 6.45) is 0.00889. The molecule has 0 aliphatic carbocycles. The van der Waals surface area contributed by atoms with Gasteiger partial charge in [0.1, 0.15) is 0 Å². The van der Waals surface area contributed by atoms with Gasteiger partial charge in [0.05, 0.1) is 26.2 Å². The van der Waals surface area contributed by atoms with E-state index in [1.54, 1.807) is 0 Å². The number of morpholine rings is 1. The van der Waals surface area contributed by atoms with E-state index in [0.717, 1.165) is 0 Å². The van der Waals surface area contributed by atoms with E-state index in [9.17, 15) is 9.59 Å². The molecule has 6 nitrogen and oxygen atoms in total. The van der Waals surface area contributed by atoms with Gasteiger partial charge in [-0.3, -0.25) is 14.5 Å². The highest BCUT2D eigenvalue weighted by molar-refractivity contribution is 5.78. The lowest BCUT2D eigenvalue weighted by Crippen LogP contribution is -2.51. The SMILES string of the molecule is CC(C)NC(=O)CN1CCOCC1CC(=O)O. The minimum Gasteiger partial charge on any atom is -0.481 e. The lowest BCUT2D eigenvalue weighted by molar-refractivity contribution is -0.141. The van der Waals surface area contributed by atoms with Crippen molar-refractivity contribution in [2.45, 2.75) is 32.4 Å². The lowest BCUT2D eigenvalue weighted by atomic mass is 10.1. The summed E-state index contributed by atoms with van der Waals surface area (Å²) in [6.45, 7) is 5.55. The summed E-state index contributed by atoms with van der Waals surface area (Å²) in [5, 5.41) is 11.6. The molecule has 6 heteroatoms. The van der Waals surface area contributed by atoms with E-state index in [0.29, 0.717) is 19.8 Å². The molecule has 1 unspecified atom stereocenters. The van der Waals surface area contributed by atoms with E-state index in [4.69, 9.17) is 9.84 Å². The van der Waals surface area contributed by atoms with Crippen molar-refractivity contribution in [2.75, 3.05) is 26.3 Å². The third-order valence-electron chi connectivity index (χ3n) is 2.56. The molecule has 17 heavy (non-hydrogen) atoms. The highest BCUT2D eigenvalue weighted by Gasteiger charge is 2.26. The summed E-state index contributed by atoms with van der Waals surface area (Å²) in [4.78, 5) is 24.2. The largest absolute Gasteiger partial charge is 0.481 e. The van der Waals surface area contributed by atoms with Crippen molar-refractivity contribution in [1.82, 2.24) is 10.2 Å². The highest BCUT2D eigenvalue weighted by Crippen LogP contribution is 2.10. The van der Waals surface area contributed by atoms with Crippen LogP contribution in [0.5, 0.6) is 0 Å². The van der Waals surface area contributed by atoms with Crippen LogP contribution in [0.2, 0.25) is 0 Å². The number of rotatable bonds is 5. The molecule has 98 valence electrons. The number of amides is 1. The zero-order valence-corrected chi connectivity index (χ0v) is 10.3. The molecule has 1 fully saturated rings. The smallest absolute Gasteiger partial charge is 0.305 e. The van der Waals surface area contributed by atoms with Crippen LogP contribution in [-0.2, 0) is 14.3 Å². The van der Waals surface area contributed by atoms with E-state index in [1.807, 2.05) is 18.7 Å². The second-order valence-corrected chi connectivity index (χ2v) is 4.52. The molecule has 0 bridgehead atoms. The fourth-order valence-electron chi connectivity index (χ4n) is 1.84. The van der Waals surface area contributed by atoms with Gasteiger partial charge in [-0.1, -0.05) is 0 Å². The van der Waals surface area contributed by atoms with E-state index in [2.05, 4.69) is 5.32 Å². The van der Waals surface area contributed by atoms with Gasteiger partial charge in [-0.25, -0.2) is 0 Å². The Morgan fingerprint density at radius 2 is 2.24 bits per heavy atom. The predicted molar refractivity (Wildman–Crippen MR) is 61.7 cm³/mol. The molecule has 0 saturated carbocycles. The molecule has 2 N–H and O–H groups in total. The summed E-state index contributed by atoms with van der Waals surface area (Å²) in [5.41, 5.74) is 0. The Morgan fingerprint density at radius 3 is 2.82 bits per heavy atom. The number of carboxylic acid groups (broad SMARTS) is 1. The van der Waals surface area contributed by atoms with Gasteiger partial charge in [-0.05, 0) is 13.8 Å². The minimum atomic E-state index is -0.866. The lowest BCUT2D eigenvalue weighted by Gasteiger charge is -2.34. The Bertz CT molecular complexity index is 281. The zero-order valence-electron chi connectivity index (χ0n) is 10.3. The molecule has 0 aromatic heterocycles. The summed E-state index contributed by atoms with van der Waals surface area (Å²) in [7, 11) is 0. The molecule has 1 amide bonds. The second-order valence-electron chi connectivity index (χ2n) is 4.52. The quantitative estimate of drug-likeness (QED) is 0.693. The van der Waals surface area contributed by atoms with Crippen LogP contribution in [-0.4, -0.2) is 60.3 Å². The van der Waals surface area contributed by atoms with Crippen molar-refractivity contribution in [1.29, 1.82) is 0 Å². The van der Waals surface area contributed by atoms with Crippen molar-refractivity contribution in [3.05, 3.63) is 0 Å². The monoisotopic (exact) mass is 244 g/mol. The molecule has 0 radical (unpaired) electrons. The number of nitrogens with zero attached hydrogens (tertiary/aromatic N) is 1. The standard InChI is InChI=1S/C11H20N2O4/c1-8(2)12-10(14)6-13-3-4-17-7-9(13)5-11(15)16/h8-9H,3-7H2,1-2H3,(H,12,14)(H,15,16). The molecule has 0 spiro atoms. The molecule has 0 aromatic rings. The maximum Gasteiger partial charge on any atom is 0.305 e. The van der Waals surface area contributed by atoms with Gasteiger partial charge in [0.15, 0.2) is 0 Å². The summed E-state index contributed by atoms with van der Waals surface area (Å²) >= 11 is 0. The number of aliphatic carboxylic acids is 1. The molecule has 1 saturated heterocycles. The zero-order chi connectivity index (χ0) is 12.8. The molecule has 1 heterocycles. The molecule has 0 aromatic carbocycles. The topological polar surface area (TPSA) is 78.9 Å². The number of carbonyl (C=O) groups excluding carboxylic acids is 1. The van der Waals surface area contributed by atoms with Crippen molar-refractivity contribution >= 4 is 11.9 Å². The van der Waals surface area contributed by atoms with E-state index in [-0.39, 0.29) is 31.0 Å². The predicted octanol–water partition coefficient (Wildman–Crippen LogP) is -0.313. The molecule has 1 rings (SSSR count). The van der Waals surface area contributed by atoms with Crippen LogP contribution in [0.1, 0.15) is 20.3 Å². The average Bonchev–Trinajstić information content (AvgIpc) is 2.18. The fourth-order valence-corrected chi connectivity index (χ4v) is 1.84. The van der Waals surface area contributed by atoms with Crippen LogP contribution in [0, 0.1) is 0 Å². The molecule has 1 aliphatic heterocycles. The Hall–Kier alpha value is -1.14. The van der Waals surface area contributed by atoms with Gasteiger partial charge in [0, 0.05) is 18.6 Å². The van der Waals surface area contributed by atoms with Crippen LogP contribution in [0.4, 0.5) is 0 Å². The molecule has 1 atom stereocenters. The normalized spacial score (nSPS) is 21.5. The van der Waals surface area contributed by atoms with Gasteiger partial charge < -0.3 is 15.2 Å². The van der Waals surface area contributed by atoms with E-state index >= 15 is 0 Å². The van der Waals surface area contributed by atoms with Crippen LogP contribution < -0.4 is 5.32 Å². The van der Waals surface area contributed by atoms with E-state index in [1.165, 1.54) is 0 Å². The maximum absolute atomic E-state index is 11.6.